The summed E-state index contributed by atoms with van der Waals surface area (Å²) in [5, 5.41) is 8.50. The van der Waals surface area contributed by atoms with Crippen molar-refractivity contribution in [3.63, 3.8) is 0 Å². The lowest BCUT2D eigenvalue weighted by Crippen LogP contribution is -2.34. The van der Waals surface area contributed by atoms with Crippen LogP contribution in [0.2, 0.25) is 0 Å². The van der Waals surface area contributed by atoms with Crippen molar-refractivity contribution < 1.29 is 14.7 Å². The molecule has 86 valence electrons. The van der Waals surface area contributed by atoms with Gasteiger partial charge < -0.3 is 10.0 Å². The Bertz CT molecular complexity index is 406. The molecule has 0 aliphatic carbocycles. The van der Waals surface area contributed by atoms with E-state index in [2.05, 4.69) is 15.9 Å². The van der Waals surface area contributed by atoms with Gasteiger partial charge in [0.1, 0.15) is 0 Å². The molecule has 0 aliphatic rings. The zero-order valence-corrected chi connectivity index (χ0v) is 10.4. The first kappa shape index (κ1) is 12.7. The fourth-order valence-electron chi connectivity index (χ4n) is 1.25. The SMILES string of the molecule is CN(CCc1ccccc1Br)C(=O)C(=O)O. The van der Waals surface area contributed by atoms with E-state index in [1.165, 1.54) is 11.9 Å². The third kappa shape index (κ3) is 3.34. The zero-order chi connectivity index (χ0) is 12.1. The Labute approximate surface area is 102 Å². The summed E-state index contributed by atoms with van der Waals surface area (Å²) in [5.41, 5.74) is 1.05. The maximum Gasteiger partial charge on any atom is 0.394 e. The lowest BCUT2D eigenvalue weighted by molar-refractivity contribution is -0.155. The first-order valence-electron chi connectivity index (χ1n) is 4.74. The van der Waals surface area contributed by atoms with Crippen molar-refractivity contribution in [2.24, 2.45) is 0 Å². The van der Waals surface area contributed by atoms with Gasteiger partial charge in [0.05, 0.1) is 0 Å². The van der Waals surface area contributed by atoms with Crippen LogP contribution in [0.5, 0.6) is 0 Å². The van der Waals surface area contributed by atoms with Crippen LogP contribution in [0.3, 0.4) is 0 Å². The summed E-state index contributed by atoms with van der Waals surface area (Å²) in [5.74, 6) is -2.30. The van der Waals surface area contributed by atoms with Gasteiger partial charge in [0.15, 0.2) is 0 Å². The molecule has 16 heavy (non-hydrogen) atoms. The largest absolute Gasteiger partial charge is 0.474 e. The normalized spacial score (nSPS) is 9.88. The van der Waals surface area contributed by atoms with Crippen LogP contribution in [0.1, 0.15) is 5.56 Å². The second-order valence-electron chi connectivity index (χ2n) is 3.37. The first-order chi connectivity index (χ1) is 7.52. The number of rotatable bonds is 3. The Morgan fingerprint density at radius 1 is 1.38 bits per heavy atom. The van der Waals surface area contributed by atoms with Crippen LogP contribution in [-0.4, -0.2) is 35.5 Å². The molecule has 1 N–H and O–H groups in total. The number of halogens is 1. The number of aliphatic carboxylic acids is 1. The van der Waals surface area contributed by atoms with Crippen molar-refractivity contribution >= 4 is 27.8 Å². The molecule has 0 atom stereocenters. The third-order valence-corrected chi connectivity index (χ3v) is 2.98. The number of hydrogen-bond acceptors (Lipinski definition) is 2. The maximum absolute atomic E-state index is 11.1. The van der Waals surface area contributed by atoms with E-state index in [0.29, 0.717) is 13.0 Å². The van der Waals surface area contributed by atoms with Gasteiger partial charge in [-0.2, -0.15) is 0 Å². The number of carboxylic acid groups (broad SMARTS) is 1. The number of nitrogens with zero attached hydrogens (tertiary/aromatic N) is 1. The van der Waals surface area contributed by atoms with E-state index < -0.39 is 11.9 Å². The first-order valence-corrected chi connectivity index (χ1v) is 5.53. The van der Waals surface area contributed by atoms with Crippen LogP contribution in [0.25, 0.3) is 0 Å². The predicted octanol–water partition coefficient (Wildman–Crippen LogP) is 1.53. The van der Waals surface area contributed by atoms with Crippen molar-refractivity contribution in [1.82, 2.24) is 4.90 Å². The topological polar surface area (TPSA) is 57.6 Å². The van der Waals surface area contributed by atoms with Gasteiger partial charge in [-0.3, -0.25) is 4.79 Å². The van der Waals surface area contributed by atoms with Gasteiger partial charge in [-0.25, -0.2) is 4.79 Å². The second kappa shape index (κ2) is 5.65. The molecule has 5 heteroatoms. The Kier molecular flexibility index (Phi) is 4.49. The molecule has 4 nitrogen and oxygen atoms in total. The highest BCUT2D eigenvalue weighted by Gasteiger charge is 2.16. The van der Waals surface area contributed by atoms with Crippen LogP contribution in [0.4, 0.5) is 0 Å². The summed E-state index contributed by atoms with van der Waals surface area (Å²) in [6.07, 6.45) is 0.622. The average Bonchev–Trinajstić information content (AvgIpc) is 2.26. The summed E-state index contributed by atoms with van der Waals surface area (Å²) in [7, 11) is 1.48. The van der Waals surface area contributed by atoms with Crippen molar-refractivity contribution in [2.45, 2.75) is 6.42 Å². The van der Waals surface area contributed by atoms with Gasteiger partial charge in [0.2, 0.25) is 0 Å². The van der Waals surface area contributed by atoms with Crippen LogP contribution in [0.15, 0.2) is 28.7 Å². The molecular weight excluding hydrogens is 274 g/mol. The summed E-state index contributed by atoms with van der Waals surface area (Å²) in [4.78, 5) is 22.7. The summed E-state index contributed by atoms with van der Waals surface area (Å²) >= 11 is 3.39. The van der Waals surface area contributed by atoms with E-state index in [0.717, 1.165) is 10.0 Å². The van der Waals surface area contributed by atoms with Gasteiger partial charge >= 0.3 is 11.9 Å². The van der Waals surface area contributed by atoms with E-state index in [-0.39, 0.29) is 0 Å². The van der Waals surface area contributed by atoms with E-state index in [9.17, 15) is 9.59 Å². The molecule has 1 amide bonds. The minimum Gasteiger partial charge on any atom is -0.474 e. The molecule has 0 saturated carbocycles. The number of likely N-dealkylation sites (N-methyl/N-ethyl adjacent to an activating group) is 1. The lowest BCUT2D eigenvalue weighted by Gasteiger charge is -2.14. The molecule has 0 radical (unpaired) electrons. The van der Waals surface area contributed by atoms with Crippen molar-refractivity contribution in [1.29, 1.82) is 0 Å². The maximum atomic E-state index is 11.1. The van der Waals surface area contributed by atoms with E-state index in [4.69, 9.17) is 5.11 Å². The standard InChI is InChI=1S/C11H12BrNO3/c1-13(10(14)11(15)16)7-6-8-4-2-3-5-9(8)12/h2-5H,6-7H2,1H3,(H,15,16). The van der Waals surface area contributed by atoms with E-state index in [1.807, 2.05) is 24.3 Å². The lowest BCUT2D eigenvalue weighted by atomic mass is 10.1. The number of carbonyl (C=O) groups excluding carboxylic acids is 1. The van der Waals surface area contributed by atoms with Crippen LogP contribution < -0.4 is 0 Å². The van der Waals surface area contributed by atoms with Gasteiger partial charge in [0.25, 0.3) is 0 Å². The Morgan fingerprint density at radius 3 is 2.56 bits per heavy atom. The average molecular weight is 286 g/mol. The van der Waals surface area contributed by atoms with Gasteiger partial charge in [-0.15, -0.1) is 0 Å². The summed E-state index contributed by atoms with van der Waals surface area (Å²) < 4.78 is 0.964. The van der Waals surface area contributed by atoms with Gasteiger partial charge in [0, 0.05) is 18.1 Å². The van der Waals surface area contributed by atoms with Crippen molar-refractivity contribution in [3.05, 3.63) is 34.3 Å². The van der Waals surface area contributed by atoms with Crippen LogP contribution >= 0.6 is 15.9 Å². The number of hydrogen-bond donors (Lipinski definition) is 1. The zero-order valence-electron chi connectivity index (χ0n) is 8.81. The molecular formula is C11H12BrNO3. The fourth-order valence-corrected chi connectivity index (χ4v) is 1.74. The van der Waals surface area contributed by atoms with E-state index >= 15 is 0 Å². The molecule has 1 aromatic carbocycles. The molecule has 1 rings (SSSR count). The molecule has 0 spiro atoms. The molecule has 0 aromatic heterocycles. The fraction of sp³-hybridized carbons (Fsp3) is 0.273. The Hall–Kier alpha value is -1.36. The highest BCUT2D eigenvalue weighted by molar-refractivity contribution is 9.10. The summed E-state index contributed by atoms with van der Waals surface area (Å²) in [6, 6.07) is 7.65. The minimum absolute atomic E-state index is 0.383. The van der Waals surface area contributed by atoms with E-state index in [1.54, 1.807) is 0 Å². The quantitative estimate of drug-likeness (QED) is 0.857. The molecule has 0 bridgehead atoms. The number of amides is 1. The van der Waals surface area contributed by atoms with Crippen molar-refractivity contribution in [3.8, 4) is 0 Å². The highest BCUT2D eigenvalue weighted by atomic mass is 79.9. The highest BCUT2D eigenvalue weighted by Crippen LogP contribution is 2.16. The van der Waals surface area contributed by atoms with Crippen molar-refractivity contribution in [2.75, 3.05) is 13.6 Å². The van der Waals surface area contributed by atoms with Crippen LogP contribution in [-0.2, 0) is 16.0 Å². The Balaban J connectivity index is 2.55. The Morgan fingerprint density at radius 2 is 2.00 bits per heavy atom. The second-order valence-corrected chi connectivity index (χ2v) is 4.23. The monoisotopic (exact) mass is 285 g/mol. The molecule has 0 unspecified atom stereocenters. The molecule has 1 aromatic rings. The minimum atomic E-state index is -1.42. The molecule has 0 saturated heterocycles. The predicted molar refractivity (Wildman–Crippen MR) is 63.1 cm³/mol. The summed E-state index contributed by atoms with van der Waals surface area (Å²) in [6.45, 7) is 0.383. The van der Waals surface area contributed by atoms with Crippen LogP contribution in [0, 0.1) is 0 Å². The number of carbonyl (C=O) groups is 2. The molecule has 0 aliphatic heterocycles. The number of carboxylic acids is 1. The number of benzene rings is 1. The smallest absolute Gasteiger partial charge is 0.394 e. The van der Waals surface area contributed by atoms with Gasteiger partial charge in [-0.1, -0.05) is 34.1 Å². The molecule has 0 heterocycles. The third-order valence-electron chi connectivity index (χ3n) is 2.20. The molecule has 0 fully saturated rings. The van der Waals surface area contributed by atoms with Gasteiger partial charge in [-0.05, 0) is 18.1 Å².